The average molecular weight is 497 g/mol. The Hall–Kier alpha value is -3.73. The second kappa shape index (κ2) is 11.5. The molecule has 3 aliphatic rings. The van der Waals surface area contributed by atoms with Gasteiger partial charge in [0.2, 0.25) is 0 Å². The first-order chi connectivity index (χ1) is 18.1. The molecule has 0 bridgehead atoms. The zero-order chi connectivity index (χ0) is 25.6. The third-order valence-electron chi connectivity index (χ3n) is 6.83. The second-order valence-corrected chi connectivity index (χ2v) is 9.66. The van der Waals surface area contributed by atoms with Gasteiger partial charge in [-0.3, -0.25) is 4.99 Å². The van der Waals surface area contributed by atoms with E-state index >= 15 is 0 Å². The number of nitrogens with zero attached hydrogens (tertiary/aromatic N) is 2. The van der Waals surface area contributed by atoms with Crippen molar-refractivity contribution in [1.29, 1.82) is 0 Å². The molecule has 2 aromatic carbocycles. The summed E-state index contributed by atoms with van der Waals surface area (Å²) in [4.78, 5) is 9.58. The summed E-state index contributed by atoms with van der Waals surface area (Å²) < 4.78 is 26.4. The summed E-state index contributed by atoms with van der Waals surface area (Å²) in [6.07, 6.45) is 12.5. The van der Waals surface area contributed by atoms with Gasteiger partial charge < -0.3 is 9.47 Å². The fourth-order valence-electron chi connectivity index (χ4n) is 4.80. The summed E-state index contributed by atoms with van der Waals surface area (Å²) in [6, 6.07) is 15.2. The lowest BCUT2D eigenvalue weighted by Gasteiger charge is -2.16. The maximum atomic E-state index is 14.3. The number of hydrogen-bond acceptors (Lipinski definition) is 4. The van der Waals surface area contributed by atoms with Crippen molar-refractivity contribution in [3.05, 3.63) is 106 Å². The van der Waals surface area contributed by atoms with Gasteiger partial charge in [-0.2, -0.15) is 0 Å². The number of halogens is 1. The Bertz CT molecular complexity index is 1350. The molecular weight excluding hydrogens is 463 g/mol. The van der Waals surface area contributed by atoms with E-state index in [1.54, 1.807) is 12.1 Å². The SMILES string of the molecule is CCCOc1cccc(C2=C(C)CCOC(CC3CCC=C4N=C(c5ccccc5F)C=C4C=N3)=C2)c1. The standard InChI is InChI=1S/C32H33FN2O2/c1-3-15-36-26-10-6-8-23(17-26)29-20-27(37-16-14-22(29)2)19-25-9-7-13-31-24(21-34-25)18-32(35-31)28-11-4-5-12-30(28)33/h4-6,8,10-13,17-18,20-21,25H,3,7,9,14-16,19H2,1-2H3. The average Bonchev–Trinajstić information content (AvgIpc) is 3.19. The lowest BCUT2D eigenvalue weighted by atomic mass is 9.97. The summed E-state index contributed by atoms with van der Waals surface area (Å²) >= 11 is 0. The lowest BCUT2D eigenvalue weighted by molar-refractivity contribution is 0.203. The molecule has 0 radical (unpaired) electrons. The Morgan fingerprint density at radius 1 is 1.11 bits per heavy atom. The Balaban J connectivity index is 1.33. The highest BCUT2D eigenvalue weighted by Gasteiger charge is 2.21. The van der Waals surface area contributed by atoms with E-state index in [1.165, 1.54) is 17.2 Å². The van der Waals surface area contributed by atoms with Crippen LogP contribution in [0.15, 0.2) is 99.3 Å². The first-order valence-corrected chi connectivity index (χ1v) is 13.2. The predicted molar refractivity (Wildman–Crippen MR) is 149 cm³/mol. The van der Waals surface area contributed by atoms with E-state index in [4.69, 9.17) is 14.5 Å². The molecule has 0 spiro atoms. The highest BCUT2D eigenvalue weighted by Crippen LogP contribution is 2.32. The molecule has 0 amide bonds. The van der Waals surface area contributed by atoms with Crippen molar-refractivity contribution in [1.82, 2.24) is 0 Å². The molecule has 5 heteroatoms. The summed E-state index contributed by atoms with van der Waals surface area (Å²) in [7, 11) is 0. The van der Waals surface area contributed by atoms with E-state index in [9.17, 15) is 4.39 Å². The number of aliphatic imine (C=N–C) groups is 2. The minimum absolute atomic E-state index is 0.0985. The van der Waals surface area contributed by atoms with Crippen molar-refractivity contribution in [2.45, 2.75) is 52.0 Å². The van der Waals surface area contributed by atoms with Gasteiger partial charge in [-0.25, -0.2) is 9.38 Å². The number of hydrogen-bond donors (Lipinski definition) is 0. The van der Waals surface area contributed by atoms with Gasteiger partial charge >= 0.3 is 0 Å². The molecule has 190 valence electrons. The van der Waals surface area contributed by atoms with E-state index in [1.807, 2.05) is 24.4 Å². The molecule has 1 unspecified atom stereocenters. The molecule has 0 saturated carbocycles. The van der Waals surface area contributed by atoms with Crippen molar-refractivity contribution >= 4 is 17.5 Å². The number of allylic oxidation sites excluding steroid dienone is 5. The van der Waals surface area contributed by atoms with Gasteiger partial charge in [0, 0.05) is 30.2 Å². The van der Waals surface area contributed by atoms with Crippen molar-refractivity contribution in [2.24, 2.45) is 9.98 Å². The van der Waals surface area contributed by atoms with Crippen molar-refractivity contribution < 1.29 is 13.9 Å². The van der Waals surface area contributed by atoms with Crippen LogP contribution in [0.5, 0.6) is 5.75 Å². The van der Waals surface area contributed by atoms with Crippen LogP contribution in [0.2, 0.25) is 0 Å². The monoisotopic (exact) mass is 496 g/mol. The lowest BCUT2D eigenvalue weighted by Crippen LogP contribution is -2.10. The molecule has 2 aromatic rings. The number of ether oxygens (including phenoxy) is 2. The van der Waals surface area contributed by atoms with Crippen LogP contribution < -0.4 is 4.74 Å². The highest BCUT2D eigenvalue weighted by atomic mass is 19.1. The van der Waals surface area contributed by atoms with Crippen LogP contribution in [0, 0.1) is 5.82 Å². The van der Waals surface area contributed by atoms with Crippen molar-refractivity contribution in [3.8, 4) is 5.75 Å². The van der Waals surface area contributed by atoms with E-state index in [-0.39, 0.29) is 11.9 Å². The molecule has 3 heterocycles. The van der Waals surface area contributed by atoms with Crippen LogP contribution >= 0.6 is 0 Å². The molecule has 4 nitrogen and oxygen atoms in total. The predicted octanol–water partition coefficient (Wildman–Crippen LogP) is 7.63. The molecule has 37 heavy (non-hydrogen) atoms. The van der Waals surface area contributed by atoms with Gasteiger partial charge in [-0.15, -0.1) is 0 Å². The highest BCUT2D eigenvalue weighted by molar-refractivity contribution is 6.15. The minimum Gasteiger partial charge on any atom is -0.498 e. The van der Waals surface area contributed by atoms with Gasteiger partial charge in [0.1, 0.15) is 11.6 Å². The van der Waals surface area contributed by atoms with Crippen LogP contribution in [0.25, 0.3) is 5.57 Å². The summed E-state index contributed by atoms with van der Waals surface area (Å²) in [5.41, 5.74) is 6.63. The van der Waals surface area contributed by atoms with E-state index < -0.39 is 0 Å². The summed E-state index contributed by atoms with van der Waals surface area (Å²) in [5, 5.41) is 0. The molecule has 1 atom stereocenters. The maximum Gasteiger partial charge on any atom is 0.132 e. The maximum absolute atomic E-state index is 14.3. The largest absolute Gasteiger partial charge is 0.498 e. The Kier molecular flexibility index (Phi) is 7.79. The Morgan fingerprint density at radius 2 is 2.00 bits per heavy atom. The zero-order valence-electron chi connectivity index (χ0n) is 21.5. The fourth-order valence-corrected chi connectivity index (χ4v) is 4.80. The molecule has 0 fully saturated rings. The zero-order valence-corrected chi connectivity index (χ0v) is 21.5. The number of benzene rings is 2. The third-order valence-corrected chi connectivity index (χ3v) is 6.83. The van der Waals surface area contributed by atoms with Gasteiger partial charge in [0.25, 0.3) is 0 Å². The summed E-state index contributed by atoms with van der Waals surface area (Å²) in [5.74, 6) is 1.60. The smallest absolute Gasteiger partial charge is 0.132 e. The quantitative estimate of drug-likeness (QED) is 0.395. The first-order valence-electron chi connectivity index (χ1n) is 13.2. The Morgan fingerprint density at radius 3 is 2.86 bits per heavy atom. The number of rotatable bonds is 7. The molecule has 0 N–H and O–H groups in total. The van der Waals surface area contributed by atoms with Crippen molar-refractivity contribution in [3.63, 3.8) is 0 Å². The van der Waals surface area contributed by atoms with E-state index in [0.717, 1.165) is 60.4 Å². The molecule has 3 aliphatic heterocycles. The first kappa shape index (κ1) is 24.9. The normalized spacial score (nSPS) is 19.5. The van der Waals surface area contributed by atoms with Crippen LogP contribution in [-0.2, 0) is 4.74 Å². The van der Waals surface area contributed by atoms with Gasteiger partial charge in [0.15, 0.2) is 0 Å². The van der Waals surface area contributed by atoms with Crippen LogP contribution in [-0.4, -0.2) is 31.2 Å². The van der Waals surface area contributed by atoms with Crippen LogP contribution in [0.1, 0.15) is 57.1 Å². The molecule has 0 aromatic heterocycles. The van der Waals surface area contributed by atoms with Gasteiger partial charge in [-0.1, -0.05) is 42.8 Å². The fraction of sp³-hybridized carbons (Fsp3) is 0.312. The topological polar surface area (TPSA) is 43.2 Å². The summed E-state index contributed by atoms with van der Waals surface area (Å²) in [6.45, 7) is 5.67. The van der Waals surface area contributed by atoms with Crippen LogP contribution in [0.4, 0.5) is 4.39 Å². The number of fused-ring (bicyclic) bond motifs is 1. The van der Waals surface area contributed by atoms with E-state index in [2.05, 4.69) is 49.2 Å². The van der Waals surface area contributed by atoms with Crippen LogP contribution in [0.3, 0.4) is 0 Å². The molecule has 5 rings (SSSR count). The van der Waals surface area contributed by atoms with Crippen molar-refractivity contribution in [2.75, 3.05) is 13.2 Å². The molecule has 0 aliphatic carbocycles. The van der Waals surface area contributed by atoms with E-state index in [0.29, 0.717) is 24.5 Å². The molecular formula is C32H33FN2O2. The second-order valence-electron chi connectivity index (χ2n) is 9.66. The Labute approximate surface area is 218 Å². The minimum atomic E-state index is -0.262. The molecule has 0 saturated heterocycles. The third kappa shape index (κ3) is 5.99. The van der Waals surface area contributed by atoms with Gasteiger partial charge in [-0.05, 0) is 73.7 Å². The van der Waals surface area contributed by atoms with Gasteiger partial charge in [0.05, 0.1) is 36.4 Å².